The zero-order valence-corrected chi connectivity index (χ0v) is 15.9. The first-order valence-electron chi connectivity index (χ1n) is 9.02. The van der Waals surface area contributed by atoms with Crippen molar-refractivity contribution in [1.82, 2.24) is 14.9 Å². The Bertz CT molecular complexity index is 909. The molecule has 0 radical (unpaired) electrons. The van der Waals surface area contributed by atoms with Gasteiger partial charge in [0.15, 0.2) is 0 Å². The number of carbonyl (C=O) groups excluding carboxylic acids is 1. The van der Waals surface area contributed by atoms with Gasteiger partial charge in [0.05, 0.1) is 0 Å². The van der Waals surface area contributed by atoms with Gasteiger partial charge in [-0.25, -0.2) is 9.97 Å². The molecule has 3 rings (SSSR count). The standard InChI is InChI=1S/C22H24N4O/c1-16(2)18-11-7-8-12-19(18)25-21-13-20(23-15-24-21)22(27)26(3)14-17-9-5-4-6-10-17/h4-13,15-16H,14H2,1-3H3,(H,23,24,25). The maximum atomic E-state index is 12.7. The lowest BCUT2D eigenvalue weighted by atomic mass is 10.0. The molecule has 0 unspecified atom stereocenters. The largest absolute Gasteiger partial charge is 0.340 e. The second-order valence-corrected chi connectivity index (χ2v) is 6.80. The number of hydrogen-bond acceptors (Lipinski definition) is 4. The van der Waals surface area contributed by atoms with Crippen LogP contribution in [0, 0.1) is 0 Å². The van der Waals surface area contributed by atoms with Gasteiger partial charge in [-0.15, -0.1) is 0 Å². The number of rotatable bonds is 6. The molecule has 2 aromatic carbocycles. The molecular weight excluding hydrogens is 336 g/mol. The number of amides is 1. The monoisotopic (exact) mass is 360 g/mol. The average molecular weight is 360 g/mol. The molecule has 1 heterocycles. The Kier molecular flexibility index (Phi) is 5.81. The molecule has 1 aromatic heterocycles. The Labute approximate surface area is 160 Å². The normalized spacial score (nSPS) is 10.7. The summed E-state index contributed by atoms with van der Waals surface area (Å²) in [7, 11) is 1.78. The van der Waals surface area contributed by atoms with E-state index in [4.69, 9.17) is 0 Å². The molecule has 0 fully saturated rings. The Morgan fingerprint density at radius 2 is 1.74 bits per heavy atom. The first-order chi connectivity index (χ1) is 13.0. The van der Waals surface area contributed by atoms with Crippen molar-refractivity contribution in [2.24, 2.45) is 0 Å². The van der Waals surface area contributed by atoms with Crippen LogP contribution < -0.4 is 5.32 Å². The second kappa shape index (κ2) is 8.45. The van der Waals surface area contributed by atoms with E-state index in [0.717, 1.165) is 11.3 Å². The first-order valence-corrected chi connectivity index (χ1v) is 9.02. The lowest BCUT2D eigenvalue weighted by molar-refractivity contribution is 0.0779. The number of hydrogen-bond donors (Lipinski definition) is 1. The van der Waals surface area contributed by atoms with Crippen molar-refractivity contribution in [1.29, 1.82) is 0 Å². The fraction of sp³-hybridized carbons (Fsp3) is 0.227. The van der Waals surface area contributed by atoms with Gasteiger partial charge in [0.2, 0.25) is 0 Å². The summed E-state index contributed by atoms with van der Waals surface area (Å²) in [5.74, 6) is 0.852. The van der Waals surface area contributed by atoms with Crippen LogP contribution in [0.1, 0.15) is 41.4 Å². The number of nitrogens with one attached hydrogen (secondary N) is 1. The molecule has 0 spiro atoms. The first kappa shape index (κ1) is 18.6. The summed E-state index contributed by atoms with van der Waals surface area (Å²) in [5, 5.41) is 3.32. The van der Waals surface area contributed by atoms with Crippen LogP contribution in [0.5, 0.6) is 0 Å². The van der Waals surface area contributed by atoms with Crippen molar-refractivity contribution in [3.05, 3.63) is 83.8 Å². The van der Waals surface area contributed by atoms with Gasteiger partial charge in [0, 0.05) is 25.3 Å². The van der Waals surface area contributed by atoms with Gasteiger partial charge in [0.1, 0.15) is 17.8 Å². The molecule has 5 nitrogen and oxygen atoms in total. The zero-order valence-electron chi connectivity index (χ0n) is 15.9. The van der Waals surface area contributed by atoms with Crippen LogP contribution in [0.4, 0.5) is 11.5 Å². The molecule has 5 heteroatoms. The van der Waals surface area contributed by atoms with Crippen LogP contribution in [0.15, 0.2) is 67.0 Å². The SMILES string of the molecule is CC(C)c1ccccc1Nc1cc(C(=O)N(C)Cc2ccccc2)ncn1. The molecule has 138 valence electrons. The van der Waals surface area contributed by atoms with Crippen LogP contribution in [0.2, 0.25) is 0 Å². The zero-order chi connectivity index (χ0) is 19.2. The molecule has 27 heavy (non-hydrogen) atoms. The van der Waals surface area contributed by atoms with Gasteiger partial charge in [-0.3, -0.25) is 4.79 Å². The lowest BCUT2D eigenvalue weighted by Gasteiger charge is -2.17. The molecule has 0 atom stereocenters. The van der Waals surface area contributed by atoms with E-state index in [0.29, 0.717) is 24.0 Å². The fourth-order valence-electron chi connectivity index (χ4n) is 2.92. The number of para-hydroxylation sites is 1. The Morgan fingerprint density at radius 3 is 2.48 bits per heavy atom. The number of carbonyl (C=O) groups is 1. The molecule has 0 aliphatic heterocycles. The smallest absolute Gasteiger partial charge is 0.272 e. The van der Waals surface area contributed by atoms with E-state index in [1.807, 2.05) is 48.5 Å². The molecule has 0 saturated heterocycles. The summed E-state index contributed by atoms with van der Waals surface area (Å²) in [6.07, 6.45) is 1.42. The quantitative estimate of drug-likeness (QED) is 0.697. The Hall–Kier alpha value is -3.21. The summed E-state index contributed by atoms with van der Waals surface area (Å²) in [5.41, 5.74) is 3.63. The number of anilines is 2. The third-order valence-corrected chi connectivity index (χ3v) is 4.34. The molecule has 1 N–H and O–H groups in total. The van der Waals surface area contributed by atoms with Gasteiger partial charge < -0.3 is 10.2 Å². The highest BCUT2D eigenvalue weighted by Gasteiger charge is 2.15. The minimum atomic E-state index is -0.138. The molecule has 0 aliphatic carbocycles. The summed E-state index contributed by atoms with van der Waals surface area (Å²) >= 11 is 0. The molecular formula is C22H24N4O. The van der Waals surface area contributed by atoms with Crippen molar-refractivity contribution in [2.75, 3.05) is 12.4 Å². The Morgan fingerprint density at radius 1 is 1.04 bits per heavy atom. The van der Waals surface area contributed by atoms with E-state index in [1.165, 1.54) is 11.9 Å². The van der Waals surface area contributed by atoms with E-state index in [-0.39, 0.29) is 5.91 Å². The van der Waals surface area contributed by atoms with Crippen molar-refractivity contribution in [3.63, 3.8) is 0 Å². The van der Waals surface area contributed by atoms with Gasteiger partial charge in [-0.05, 0) is 23.1 Å². The van der Waals surface area contributed by atoms with Crippen molar-refractivity contribution in [3.8, 4) is 0 Å². The highest BCUT2D eigenvalue weighted by Crippen LogP contribution is 2.26. The predicted octanol–water partition coefficient (Wildman–Crippen LogP) is 4.62. The molecule has 0 saturated carbocycles. The summed E-state index contributed by atoms with van der Waals surface area (Å²) in [6.45, 7) is 4.82. The van der Waals surface area contributed by atoms with Crippen LogP contribution in [-0.2, 0) is 6.54 Å². The minimum Gasteiger partial charge on any atom is -0.340 e. The topological polar surface area (TPSA) is 58.1 Å². The molecule has 0 bridgehead atoms. The predicted molar refractivity (Wildman–Crippen MR) is 108 cm³/mol. The maximum absolute atomic E-state index is 12.7. The van der Waals surface area contributed by atoms with Gasteiger partial charge in [-0.1, -0.05) is 62.4 Å². The Balaban J connectivity index is 1.76. The number of aromatic nitrogens is 2. The summed E-state index contributed by atoms with van der Waals surface area (Å²) < 4.78 is 0. The van der Waals surface area contributed by atoms with Crippen molar-refractivity contribution < 1.29 is 4.79 Å². The van der Waals surface area contributed by atoms with E-state index >= 15 is 0 Å². The van der Waals surface area contributed by atoms with Crippen molar-refractivity contribution in [2.45, 2.75) is 26.3 Å². The summed E-state index contributed by atoms with van der Waals surface area (Å²) in [6, 6.07) is 19.7. The van der Waals surface area contributed by atoms with E-state index in [9.17, 15) is 4.79 Å². The van der Waals surface area contributed by atoms with Crippen LogP contribution >= 0.6 is 0 Å². The van der Waals surface area contributed by atoms with E-state index in [2.05, 4.69) is 35.2 Å². The van der Waals surface area contributed by atoms with Crippen LogP contribution in [-0.4, -0.2) is 27.8 Å². The molecule has 1 amide bonds. The van der Waals surface area contributed by atoms with E-state index in [1.54, 1.807) is 18.0 Å². The highest BCUT2D eigenvalue weighted by atomic mass is 16.2. The van der Waals surface area contributed by atoms with Crippen molar-refractivity contribution >= 4 is 17.4 Å². The lowest BCUT2D eigenvalue weighted by Crippen LogP contribution is -2.27. The van der Waals surface area contributed by atoms with Crippen LogP contribution in [0.25, 0.3) is 0 Å². The third kappa shape index (κ3) is 4.70. The molecule has 0 aliphatic rings. The van der Waals surface area contributed by atoms with Gasteiger partial charge in [-0.2, -0.15) is 0 Å². The third-order valence-electron chi connectivity index (χ3n) is 4.34. The fourth-order valence-corrected chi connectivity index (χ4v) is 2.92. The number of nitrogens with zero attached hydrogens (tertiary/aromatic N) is 3. The highest BCUT2D eigenvalue weighted by molar-refractivity contribution is 5.92. The van der Waals surface area contributed by atoms with Gasteiger partial charge in [0.25, 0.3) is 5.91 Å². The number of benzene rings is 2. The maximum Gasteiger partial charge on any atom is 0.272 e. The van der Waals surface area contributed by atoms with E-state index < -0.39 is 0 Å². The second-order valence-electron chi connectivity index (χ2n) is 6.80. The minimum absolute atomic E-state index is 0.138. The van der Waals surface area contributed by atoms with Gasteiger partial charge >= 0.3 is 0 Å². The average Bonchev–Trinajstić information content (AvgIpc) is 2.68. The summed E-state index contributed by atoms with van der Waals surface area (Å²) in [4.78, 5) is 22.8. The van der Waals surface area contributed by atoms with Crippen LogP contribution in [0.3, 0.4) is 0 Å². The molecule has 3 aromatic rings.